The van der Waals surface area contributed by atoms with Crippen LogP contribution in [0.3, 0.4) is 0 Å². The molecule has 150 valence electrons. The van der Waals surface area contributed by atoms with Crippen molar-refractivity contribution in [1.29, 1.82) is 0 Å². The number of carbonyl (C=O) groups excluding carboxylic acids is 2. The first-order valence-electron chi connectivity index (χ1n) is 9.36. The summed E-state index contributed by atoms with van der Waals surface area (Å²) >= 11 is 6.18. The Morgan fingerprint density at radius 3 is 2.22 bits per heavy atom. The summed E-state index contributed by atoms with van der Waals surface area (Å²) in [7, 11) is 0. The largest absolute Gasteiger partial charge is 0.444 e. The molecule has 1 aromatic rings. The van der Waals surface area contributed by atoms with Crippen molar-refractivity contribution in [2.75, 3.05) is 13.1 Å². The molecule has 2 rings (SSSR count). The molecule has 0 spiro atoms. The van der Waals surface area contributed by atoms with Crippen molar-refractivity contribution in [1.82, 2.24) is 9.80 Å². The summed E-state index contributed by atoms with van der Waals surface area (Å²) in [5.41, 5.74) is -0.175. The van der Waals surface area contributed by atoms with Crippen LogP contribution in [0.25, 0.3) is 0 Å². The van der Waals surface area contributed by atoms with Crippen molar-refractivity contribution in [2.24, 2.45) is 5.41 Å². The summed E-state index contributed by atoms with van der Waals surface area (Å²) in [6.45, 7) is 14.1. The highest BCUT2D eigenvalue weighted by Crippen LogP contribution is 2.33. The first-order valence-corrected chi connectivity index (χ1v) is 9.73. The quantitative estimate of drug-likeness (QED) is 0.681. The molecule has 0 bridgehead atoms. The maximum atomic E-state index is 12.9. The van der Waals surface area contributed by atoms with Crippen LogP contribution in [0.4, 0.5) is 4.79 Å². The average Bonchev–Trinajstić information content (AvgIpc) is 2.51. The third-order valence-electron chi connectivity index (χ3n) is 4.50. The molecule has 1 heterocycles. The molecule has 1 aliphatic rings. The Hall–Kier alpha value is -1.75. The highest BCUT2D eigenvalue weighted by molar-refractivity contribution is 6.30. The summed E-state index contributed by atoms with van der Waals surface area (Å²) < 4.78 is 5.62. The first kappa shape index (κ1) is 21.5. The van der Waals surface area contributed by atoms with E-state index in [0.717, 1.165) is 5.56 Å². The van der Waals surface area contributed by atoms with Crippen LogP contribution in [-0.2, 0) is 9.53 Å². The molecule has 6 heteroatoms. The van der Waals surface area contributed by atoms with Gasteiger partial charge in [0, 0.05) is 29.6 Å². The third kappa shape index (κ3) is 5.38. The number of carbonyl (C=O) groups is 2. The van der Waals surface area contributed by atoms with Gasteiger partial charge in [0.2, 0.25) is 5.91 Å². The standard InChI is InChI=1S/C21H31ClN2O3/c1-14-12-24(19(26)27-21(5,6)7)17(15-9-8-10-16(22)11-15)13-23(14)18(25)20(2,3)4/h8-11,14,17H,12-13H2,1-7H3/t14-,17-/m1/s1. The van der Waals surface area contributed by atoms with Gasteiger partial charge in [0.15, 0.2) is 0 Å². The van der Waals surface area contributed by atoms with Gasteiger partial charge in [-0.25, -0.2) is 4.79 Å². The molecule has 0 aliphatic carbocycles. The summed E-state index contributed by atoms with van der Waals surface area (Å²) in [5, 5.41) is 0.601. The van der Waals surface area contributed by atoms with Crippen molar-refractivity contribution in [3.8, 4) is 0 Å². The molecule has 1 saturated heterocycles. The molecule has 0 N–H and O–H groups in total. The number of hydrogen-bond acceptors (Lipinski definition) is 3. The molecule has 5 nitrogen and oxygen atoms in total. The Labute approximate surface area is 167 Å². The Kier molecular flexibility index (Phi) is 6.15. The molecular formula is C21H31ClN2O3. The number of halogens is 1. The second kappa shape index (κ2) is 7.70. The molecule has 0 radical (unpaired) electrons. The highest BCUT2D eigenvalue weighted by atomic mass is 35.5. The number of amides is 2. The highest BCUT2D eigenvalue weighted by Gasteiger charge is 2.41. The predicted octanol–water partition coefficient (Wildman–Crippen LogP) is 4.90. The fourth-order valence-corrected chi connectivity index (χ4v) is 3.41. The maximum absolute atomic E-state index is 12.9. The van der Waals surface area contributed by atoms with E-state index < -0.39 is 11.0 Å². The summed E-state index contributed by atoms with van der Waals surface area (Å²) in [5.74, 6) is 0.0749. The Morgan fingerprint density at radius 2 is 1.70 bits per heavy atom. The van der Waals surface area contributed by atoms with Crippen LogP contribution in [0, 0.1) is 5.41 Å². The number of piperazine rings is 1. The second-order valence-electron chi connectivity index (χ2n) is 9.26. The minimum atomic E-state index is -0.586. The number of nitrogens with zero attached hydrogens (tertiary/aromatic N) is 2. The van der Waals surface area contributed by atoms with Crippen molar-refractivity contribution in [3.63, 3.8) is 0 Å². The van der Waals surface area contributed by atoms with Crippen molar-refractivity contribution < 1.29 is 14.3 Å². The number of hydrogen-bond donors (Lipinski definition) is 0. The Morgan fingerprint density at radius 1 is 1.07 bits per heavy atom. The molecule has 2 amide bonds. The molecule has 0 saturated carbocycles. The lowest BCUT2D eigenvalue weighted by Crippen LogP contribution is -2.59. The SMILES string of the molecule is C[C@@H]1CN(C(=O)OC(C)(C)C)[C@@H](c2cccc(Cl)c2)CN1C(=O)C(C)(C)C. The van der Waals surface area contributed by atoms with Crippen LogP contribution in [0.1, 0.15) is 60.1 Å². The summed E-state index contributed by atoms with van der Waals surface area (Å²) in [6, 6.07) is 7.04. The zero-order chi connectivity index (χ0) is 20.6. The van der Waals surface area contributed by atoms with Crippen LogP contribution in [0.2, 0.25) is 5.02 Å². The smallest absolute Gasteiger partial charge is 0.410 e. The second-order valence-corrected chi connectivity index (χ2v) is 9.70. The van der Waals surface area contributed by atoms with E-state index >= 15 is 0 Å². The van der Waals surface area contributed by atoms with Gasteiger partial charge in [-0.1, -0.05) is 44.5 Å². The first-order chi connectivity index (χ1) is 12.3. The van der Waals surface area contributed by atoms with Crippen molar-refractivity contribution >= 4 is 23.6 Å². The number of benzene rings is 1. The number of rotatable bonds is 1. The van der Waals surface area contributed by atoms with Gasteiger partial charge in [-0.05, 0) is 45.4 Å². The van der Waals surface area contributed by atoms with E-state index in [0.29, 0.717) is 18.1 Å². The van der Waals surface area contributed by atoms with Crippen LogP contribution >= 0.6 is 11.6 Å². The molecule has 0 aromatic heterocycles. The third-order valence-corrected chi connectivity index (χ3v) is 4.74. The average molecular weight is 395 g/mol. The van der Waals surface area contributed by atoms with Gasteiger partial charge in [-0.3, -0.25) is 9.69 Å². The van der Waals surface area contributed by atoms with E-state index in [9.17, 15) is 9.59 Å². The zero-order valence-corrected chi connectivity index (χ0v) is 18.1. The lowest BCUT2D eigenvalue weighted by Gasteiger charge is -2.47. The van der Waals surface area contributed by atoms with E-state index in [2.05, 4.69) is 0 Å². The van der Waals surface area contributed by atoms with Crippen LogP contribution in [0.15, 0.2) is 24.3 Å². The van der Waals surface area contributed by atoms with E-state index in [1.165, 1.54) is 0 Å². The van der Waals surface area contributed by atoms with E-state index in [4.69, 9.17) is 16.3 Å². The lowest BCUT2D eigenvalue weighted by atomic mass is 9.91. The van der Waals surface area contributed by atoms with Gasteiger partial charge in [0.1, 0.15) is 5.60 Å². The monoisotopic (exact) mass is 394 g/mol. The van der Waals surface area contributed by atoms with Gasteiger partial charge in [0.05, 0.1) is 6.04 Å². The van der Waals surface area contributed by atoms with E-state index in [-0.39, 0.29) is 24.1 Å². The van der Waals surface area contributed by atoms with Gasteiger partial charge in [-0.2, -0.15) is 0 Å². The van der Waals surface area contributed by atoms with Gasteiger partial charge in [-0.15, -0.1) is 0 Å². The molecule has 1 aliphatic heterocycles. The van der Waals surface area contributed by atoms with Gasteiger partial charge in [0.25, 0.3) is 0 Å². The molecule has 1 fully saturated rings. The predicted molar refractivity (Wildman–Crippen MR) is 108 cm³/mol. The van der Waals surface area contributed by atoms with Crippen LogP contribution in [-0.4, -0.2) is 46.5 Å². The summed E-state index contributed by atoms with van der Waals surface area (Å²) in [4.78, 5) is 29.4. The van der Waals surface area contributed by atoms with E-state index in [1.807, 2.05) is 71.6 Å². The van der Waals surface area contributed by atoms with Crippen molar-refractivity contribution in [3.05, 3.63) is 34.9 Å². The lowest BCUT2D eigenvalue weighted by molar-refractivity contribution is -0.145. The number of ether oxygens (including phenoxy) is 1. The van der Waals surface area contributed by atoms with Gasteiger partial charge < -0.3 is 9.64 Å². The zero-order valence-electron chi connectivity index (χ0n) is 17.4. The topological polar surface area (TPSA) is 49.9 Å². The fraction of sp³-hybridized carbons (Fsp3) is 0.619. The van der Waals surface area contributed by atoms with E-state index in [1.54, 1.807) is 11.0 Å². The maximum Gasteiger partial charge on any atom is 0.410 e. The minimum absolute atomic E-state index is 0.0749. The van der Waals surface area contributed by atoms with Crippen LogP contribution in [0.5, 0.6) is 0 Å². The molecule has 2 atom stereocenters. The van der Waals surface area contributed by atoms with Crippen LogP contribution < -0.4 is 0 Å². The Bertz CT molecular complexity index is 706. The van der Waals surface area contributed by atoms with Crippen molar-refractivity contribution in [2.45, 2.75) is 66.2 Å². The summed E-state index contributed by atoms with van der Waals surface area (Å²) in [6.07, 6.45) is -0.373. The molecule has 0 unspecified atom stereocenters. The fourth-order valence-electron chi connectivity index (χ4n) is 3.21. The molecular weight excluding hydrogens is 364 g/mol. The minimum Gasteiger partial charge on any atom is -0.444 e. The Balaban J connectivity index is 2.39. The molecule has 27 heavy (non-hydrogen) atoms. The van der Waals surface area contributed by atoms with Gasteiger partial charge >= 0.3 is 6.09 Å². The molecule has 1 aromatic carbocycles. The normalized spacial score (nSPS) is 21.2.